The van der Waals surface area contributed by atoms with Crippen LogP contribution in [0.15, 0.2) is 18.2 Å². The Kier molecular flexibility index (Phi) is 7.02. The number of ether oxygens (including phenoxy) is 1. The number of carbonyl (C=O) groups excluding carboxylic acids is 1. The van der Waals surface area contributed by atoms with Crippen molar-refractivity contribution < 1.29 is 9.53 Å². The van der Waals surface area contributed by atoms with Crippen molar-refractivity contribution in [1.29, 1.82) is 0 Å². The average molecular weight is 293 g/mol. The summed E-state index contributed by atoms with van der Waals surface area (Å²) in [5.41, 5.74) is 8.01. The highest BCUT2D eigenvalue weighted by Gasteiger charge is 2.08. The number of nitrogens with two attached hydrogens (primary N) is 1. The first kappa shape index (κ1) is 17.3. The number of nitrogens with one attached hydrogen (secondary N) is 1. The van der Waals surface area contributed by atoms with Crippen LogP contribution in [0, 0.1) is 5.92 Å². The van der Waals surface area contributed by atoms with E-state index in [0.717, 1.165) is 18.7 Å². The summed E-state index contributed by atoms with van der Waals surface area (Å²) in [7, 11) is 3.83. The van der Waals surface area contributed by atoms with Gasteiger partial charge < -0.3 is 20.7 Å². The Morgan fingerprint density at radius 1 is 1.33 bits per heavy atom. The molecule has 0 spiro atoms. The minimum absolute atomic E-state index is 0.125. The van der Waals surface area contributed by atoms with E-state index in [1.54, 1.807) is 12.1 Å². The van der Waals surface area contributed by atoms with E-state index in [4.69, 9.17) is 10.5 Å². The minimum atomic E-state index is -0.125. The molecule has 1 rings (SSSR count). The molecule has 0 aliphatic carbocycles. The van der Waals surface area contributed by atoms with Crippen molar-refractivity contribution in [3.8, 4) is 0 Å². The van der Waals surface area contributed by atoms with Crippen molar-refractivity contribution in [2.75, 3.05) is 44.5 Å². The lowest BCUT2D eigenvalue weighted by Crippen LogP contribution is -2.27. The summed E-state index contributed by atoms with van der Waals surface area (Å²) >= 11 is 0. The van der Waals surface area contributed by atoms with Gasteiger partial charge in [-0.3, -0.25) is 4.79 Å². The highest BCUT2D eigenvalue weighted by molar-refractivity contribution is 5.96. The SMILES string of the molecule is CC(C)CCOCCNC(=O)c1ccc(N(C)C)c(N)c1. The molecule has 0 radical (unpaired) electrons. The molecule has 0 aromatic heterocycles. The van der Waals surface area contributed by atoms with Gasteiger partial charge in [0, 0.05) is 32.8 Å². The van der Waals surface area contributed by atoms with Crippen molar-refractivity contribution >= 4 is 17.3 Å². The maximum absolute atomic E-state index is 12.0. The van der Waals surface area contributed by atoms with Crippen LogP contribution in [0.25, 0.3) is 0 Å². The lowest BCUT2D eigenvalue weighted by Gasteiger charge is -2.16. The van der Waals surface area contributed by atoms with Gasteiger partial charge in [0.1, 0.15) is 0 Å². The van der Waals surface area contributed by atoms with Crippen molar-refractivity contribution in [3.05, 3.63) is 23.8 Å². The van der Waals surface area contributed by atoms with Crippen LogP contribution in [0.3, 0.4) is 0 Å². The summed E-state index contributed by atoms with van der Waals surface area (Å²) in [6, 6.07) is 5.33. The molecule has 0 aliphatic heterocycles. The molecule has 1 aromatic rings. The van der Waals surface area contributed by atoms with Crippen LogP contribution in [0.5, 0.6) is 0 Å². The molecule has 21 heavy (non-hydrogen) atoms. The van der Waals surface area contributed by atoms with E-state index in [2.05, 4.69) is 19.2 Å². The monoisotopic (exact) mass is 293 g/mol. The van der Waals surface area contributed by atoms with Gasteiger partial charge in [-0.05, 0) is 30.5 Å². The zero-order valence-corrected chi connectivity index (χ0v) is 13.5. The topological polar surface area (TPSA) is 67.6 Å². The van der Waals surface area contributed by atoms with Crippen LogP contribution < -0.4 is 16.0 Å². The van der Waals surface area contributed by atoms with Crippen LogP contribution in [0.4, 0.5) is 11.4 Å². The Balaban J connectivity index is 2.37. The Morgan fingerprint density at radius 2 is 2.05 bits per heavy atom. The molecule has 118 valence electrons. The van der Waals surface area contributed by atoms with Gasteiger partial charge in [0.05, 0.1) is 18.0 Å². The number of nitrogens with zero attached hydrogens (tertiary/aromatic N) is 1. The number of carbonyl (C=O) groups is 1. The van der Waals surface area contributed by atoms with Crippen LogP contribution >= 0.6 is 0 Å². The van der Waals surface area contributed by atoms with Gasteiger partial charge in [0.2, 0.25) is 0 Å². The summed E-state index contributed by atoms with van der Waals surface area (Å²) < 4.78 is 5.46. The van der Waals surface area contributed by atoms with E-state index >= 15 is 0 Å². The summed E-state index contributed by atoms with van der Waals surface area (Å²) in [5.74, 6) is 0.511. The van der Waals surface area contributed by atoms with Crippen LogP contribution in [0.2, 0.25) is 0 Å². The molecular weight excluding hydrogens is 266 g/mol. The summed E-state index contributed by atoms with van der Waals surface area (Å²) in [6.45, 7) is 6.09. The zero-order valence-electron chi connectivity index (χ0n) is 13.5. The molecule has 0 bridgehead atoms. The average Bonchev–Trinajstić information content (AvgIpc) is 2.41. The second-order valence-corrected chi connectivity index (χ2v) is 5.72. The number of amides is 1. The molecule has 5 heteroatoms. The molecular formula is C16H27N3O2. The Morgan fingerprint density at radius 3 is 2.62 bits per heavy atom. The van der Waals surface area contributed by atoms with Gasteiger partial charge in [0.15, 0.2) is 0 Å². The maximum atomic E-state index is 12.0. The van der Waals surface area contributed by atoms with Gasteiger partial charge in [0.25, 0.3) is 5.91 Å². The molecule has 5 nitrogen and oxygen atoms in total. The lowest BCUT2D eigenvalue weighted by atomic mass is 10.1. The molecule has 3 N–H and O–H groups in total. The first-order valence-electron chi connectivity index (χ1n) is 7.34. The second kappa shape index (κ2) is 8.52. The van der Waals surface area contributed by atoms with Crippen molar-refractivity contribution in [2.24, 2.45) is 5.92 Å². The number of nitrogen functional groups attached to an aromatic ring is 1. The van der Waals surface area contributed by atoms with Gasteiger partial charge in [-0.25, -0.2) is 0 Å². The molecule has 1 aromatic carbocycles. The largest absolute Gasteiger partial charge is 0.397 e. The fourth-order valence-corrected chi connectivity index (χ4v) is 1.86. The molecule has 0 aliphatic rings. The molecule has 0 heterocycles. The summed E-state index contributed by atoms with van der Waals surface area (Å²) in [6.07, 6.45) is 1.04. The highest BCUT2D eigenvalue weighted by Crippen LogP contribution is 2.22. The molecule has 0 unspecified atom stereocenters. The first-order chi connectivity index (χ1) is 9.91. The van der Waals surface area contributed by atoms with Crippen molar-refractivity contribution in [3.63, 3.8) is 0 Å². The fraction of sp³-hybridized carbons (Fsp3) is 0.562. The van der Waals surface area contributed by atoms with E-state index in [1.165, 1.54) is 0 Å². The first-order valence-corrected chi connectivity index (χ1v) is 7.34. The summed E-state index contributed by atoms with van der Waals surface area (Å²) in [5, 5.41) is 2.83. The molecule has 0 saturated heterocycles. The second-order valence-electron chi connectivity index (χ2n) is 5.72. The Hall–Kier alpha value is -1.75. The van der Waals surface area contributed by atoms with Gasteiger partial charge in [-0.1, -0.05) is 13.8 Å². The molecule has 1 amide bonds. The highest BCUT2D eigenvalue weighted by atomic mass is 16.5. The minimum Gasteiger partial charge on any atom is -0.397 e. The number of benzene rings is 1. The fourth-order valence-electron chi connectivity index (χ4n) is 1.86. The third-order valence-electron chi connectivity index (χ3n) is 3.14. The van der Waals surface area contributed by atoms with E-state index in [0.29, 0.717) is 30.3 Å². The molecule has 0 fully saturated rings. The van der Waals surface area contributed by atoms with E-state index < -0.39 is 0 Å². The van der Waals surface area contributed by atoms with Gasteiger partial charge in [-0.2, -0.15) is 0 Å². The van der Waals surface area contributed by atoms with Crippen molar-refractivity contribution in [1.82, 2.24) is 5.32 Å². The molecule has 0 saturated carbocycles. The predicted molar refractivity (Wildman–Crippen MR) is 87.8 cm³/mol. The number of rotatable bonds is 8. The van der Waals surface area contributed by atoms with Crippen LogP contribution in [-0.4, -0.2) is 39.8 Å². The quantitative estimate of drug-likeness (QED) is 0.569. The number of hydrogen-bond donors (Lipinski definition) is 2. The van der Waals surface area contributed by atoms with E-state index in [-0.39, 0.29) is 5.91 Å². The summed E-state index contributed by atoms with van der Waals surface area (Å²) in [4.78, 5) is 13.9. The van der Waals surface area contributed by atoms with E-state index in [9.17, 15) is 4.79 Å². The Labute approximate surface area is 127 Å². The third kappa shape index (κ3) is 6.04. The third-order valence-corrected chi connectivity index (χ3v) is 3.14. The van der Waals surface area contributed by atoms with Crippen LogP contribution in [0.1, 0.15) is 30.6 Å². The van der Waals surface area contributed by atoms with Gasteiger partial charge >= 0.3 is 0 Å². The van der Waals surface area contributed by atoms with Gasteiger partial charge in [-0.15, -0.1) is 0 Å². The van der Waals surface area contributed by atoms with Crippen molar-refractivity contribution in [2.45, 2.75) is 20.3 Å². The standard InChI is InChI=1S/C16H27N3O2/c1-12(2)7-9-21-10-8-18-16(20)13-5-6-15(19(3)4)14(17)11-13/h5-6,11-12H,7-10,17H2,1-4H3,(H,18,20). The number of hydrogen-bond acceptors (Lipinski definition) is 4. The zero-order chi connectivity index (χ0) is 15.8. The Bertz CT molecular complexity index is 459. The molecule has 0 atom stereocenters. The maximum Gasteiger partial charge on any atom is 0.251 e. The predicted octanol–water partition coefficient (Wildman–Crippen LogP) is 2.13. The van der Waals surface area contributed by atoms with Crippen LogP contribution in [-0.2, 0) is 4.74 Å². The lowest BCUT2D eigenvalue weighted by molar-refractivity contribution is 0.0906. The van der Waals surface area contributed by atoms with E-state index in [1.807, 2.05) is 25.1 Å². The smallest absolute Gasteiger partial charge is 0.251 e. The number of anilines is 2. The normalized spacial score (nSPS) is 10.7.